The predicted octanol–water partition coefficient (Wildman–Crippen LogP) is 2.94. The average molecular weight is 400 g/mol. The third kappa shape index (κ3) is 2.75. The van der Waals surface area contributed by atoms with Gasteiger partial charge in [0.2, 0.25) is 0 Å². The van der Waals surface area contributed by atoms with Crippen molar-refractivity contribution in [3.8, 4) is 0 Å². The Morgan fingerprint density at radius 1 is 1.04 bits per heavy atom. The molecule has 6 nitrogen and oxygen atoms in total. The average Bonchev–Trinajstić information content (AvgIpc) is 2.63. The quantitative estimate of drug-likeness (QED) is 0.800. The van der Waals surface area contributed by atoms with Gasteiger partial charge in [0.05, 0.1) is 5.56 Å². The molecule has 1 aromatic heterocycles. The maximum absolute atomic E-state index is 13.2. The zero-order chi connectivity index (χ0) is 20.4. The maximum Gasteiger partial charge on any atom is 0.332 e. The van der Waals surface area contributed by atoms with Gasteiger partial charge in [-0.25, -0.2) is 4.79 Å². The molecule has 0 bridgehead atoms. The maximum atomic E-state index is 13.2. The van der Waals surface area contributed by atoms with Crippen LogP contribution in [0, 0.1) is 5.41 Å². The van der Waals surface area contributed by atoms with E-state index in [4.69, 9.17) is 11.6 Å². The second-order valence-electron chi connectivity index (χ2n) is 8.41. The van der Waals surface area contributed by atoms with E-state index in [-0.39, 0.29) is 11.2 Å². The number of allylic oxidation sites excluding steroid dienone is 2. The van der Waals surface area contributed by atoms with Gasteiger partial charge >= 0.3 is 5.69 Å². The summed E-state index contributed by atoms with van der Waals surface area (Å²) in [5.41, 5.74) is 1.64. The second kappa shape index (κ2) is 6.21. The van der Waals surface area contributed by atoms with Crippen LogP contribution < -0.4 is 16.6 Å². The van der Waals surface area contributed by atoms with Gasteiger partial charge in [-0.05, 0) is 29.5 Å². The van der Waals surface area contributed by atoms with Gasteiger partial charge < -0.3 is 5.32 Å². The van der Waals surface area contributed by atoms with E-state index in [1.54, 1.807) is 19.2 Å². The van der Waals surface area contributed by atoms with E-state index in [0.717, 1.165) is 15.8 Å². The van der Waals surface area contributed by atoms with Crippen LogP contribution >= 0.6 is 11.6 Å². The van der Waals surface area contributed by atoms with Crippen LogP contribution in [0.3, 0.4) is 0 Å². The first-order valence-corrected chi connectivity index (χ1v) is 9.57. The first kappa shape index (κ1) is 18.7. The van der Waals surface area contributed by atoms with Crippen molar-refractivity contribution in [2.24, 2.45) is 19.5 Å². The zero-order valence-corrected chi connectivity index (χ0v) is 17.1. The summed E-state index contributed by atoms with van der Waals surface area (Å²) in [5, 5.41) is 3.84. The molecule has 0 radical (unpaired) electrons. The Kier molecular flexibility index (Phi) is 4.16. The third-order valence-corrected chi connectivity index (χ3v) is 5.92. The molecule has 2 heterocycles. The fraction of sp³-hybridized carbons (Fsp3) is 0.381. The topological polar surface area (TPSA) is 73.1 Å². The number of carbonyl (C=O) groups excluding carboxylic acids is 1. The number of aromatic nitrogens is 2. The zero-order valence-electron chi connectivity index (χ0n) is 16.3. The van der Waals surface area contributed by atoms with Crippen LogP contribution in [0.2, 0.25) is 5.02 Å². The molecular formula is C21H22ClN3O3. The van der Waals surface area contributed by atoms with Gasteiger partial charge in [0.25, 0.3) is 5.56 Å². The van der Waals surface area contributed by atoms with Gasteiger partial charge in [-0.2, -0.15) is 0 Å². The highest BCUT2D eigenvalue weighted by Crippen LogP contribution is 2.47. The van der Waals surface area contributed by atoms with Crippen LogP contribution in [-0.4, -0.2) is 14.9 Å². The number of nitrogens with one attached hydrogen (secondary N) is 1. The molecule has 2 aliphatic rings. The molecule has 4 rings (SSSR count). The summed E-state index contributed by atoms with van der Waals surface area (Å²) in [6, 6.07) is 7.18. The van der Waals surface area contributed by atoms with Crippen LogP contribution in [0.4, 0.5) is 5.82 Å². The molecule has 0 fully saturated rings. The second-order valence-corrected chi connectivity index (χ2v) is 8.85. The third-order valence-electron chi connectivity index (χ3n) is 5.67. The molecule has 1 aliphatic heterocycles. The van der Waals surface area contributed by atoms with Gasteiger partial charge in [-0.1, -0.05) is 37.6 Å². The van der Waals surface area contributed by atoms with Crippen LogP contribution in [0.1, 0.15) is 43.7 Å². The van der Waals surface area contributed by atoms with E-state index in [0.29, 0.717) is 34.8 Å². The summed E-state index contributed by atoms with van der Waals surface area (Å²) in [5.74, 6) is -0.0461. The summed E-state index contributed by atoms with van der Waals surface area (Å²) >= 11 is 6.05. The summed E-state index contributed by atoms with van der Waals surface area (Å²) in [6.45, 7) is 4.10. The van der Waals surface area contributed by atoms with E-state index in [9.17, 15) is 14.4 Å². The van der Waals surface area contributed by atoms with E-state index >= 15 is 0 Å². The number of ketones is 1. The molecule has 1 aromatic carbocycles. The van der Waals surface area contributed by atoms with Crippen molar-refractivity contribution in [3.05, 3.63) is 72.5 Å². The minimum atomic E-state index is -0.530. The fourth-order valence-electron chi connectivity index (χ4n) is 4.34. The van der Waals surface area contributed by atoms with Crippen LogP contribution in [0.25, 0.3) is 0 Å². The van der Waals surface area contributed by atoms with E-state index in [2.05, 4.69) is 5.32 Å². The Balaban J connectivity index is 2.07. The fourth-order valence-corrected chi connectivity index (χ4v) is 4.46. The first-order chi connectivity index (χ1) is 13.1. The number of hydrogen-bond acceptors (Lipinski definition) is 4. The SMILES string of the molecule is Cn1c2c(c(=O)n(C)c1=O)C(c1ccc(Cl)cc1)C1=C(CC(C)(C)CC1=O)N2. The number of Topliss-reactive ketones (excluding diaryl/α,β-unsaturated/α-hetero) is 1. The minimum absolute atomic E-state index is 0.0280. The Morgan fingerprint density at radius 3 is 2.32 bits per heavy atom. The molecule has 0 saturated heterocycles. The Bertz CT molecular complexity index is 1150. The summed E-state index contributed by atoms with van der Waals surface area (Å²) in [7, 11) is 3.09. The number of fused-ring (bicyclic) bond motifs is 1. The summed E-state index contributed by atoms with van der Waals surface area (Å²) < 4.78 is 2.53. The number of benzene rings is 1. The van der Waals surface area contributed by atoms with Crippen molar-refractivity contribution in [3.63, 3.8) is 0 Å². The molecule has 0 amide bonds. The lowest BCUT2D eigenvalue weighted by Crippen LogP contribution is -2.45. The van der Waals surface area contributed by atoms with Crippen molar-refractivity contribution in [1.82, 2.24) is 9.13 Å². The van der Waals surface area contributed by atoms with Crippen LogP contribution in [0.5, 0.6) is 0 Å². The van der Waals surface area contributed by atoms with Gasteiger partial charge in [0.15, 0.2) is 5.78 Å². The molecule has 0 spiro atoms. The molecule has 1 N–H and O–H groups in total. The lowest BCUT2D eigenvalue weighted by molar-refractivity contribution is -0.118. The largest absolute Gasteiger partial charge is 0.344 e. The molecule has 2 aromatic rings. The van der Waals surface area contributed by atoms with Gasteiger partial charge in [0, 0.05) is 42.7 Å². The monoisotopic (exact) mass is 399 g/mol. The summed E-state index contributed by atoms with van der Waals surface area (Å²) in [4.78, 5) is 38.7. The predicted molar refractivity (Wildman–Crippen MR) is 109 cm³/mol. The number of rotatable bonds is 1. The molecule has 1 atom stereocenters. The molecule has 0 saturated carbocycles. The standard InChI is InChI=1S/C21H22ClN3O3/c1-21(2)9-13-16(14(26)10-21)15(11-5-7-12(22)8-6-11)17-18(23-13)24(3)20(28)25(4)19(17)27/h5-8,15,23H,9-10H2,1-4H3. The molecule has 146 valence electrons. The number of hydrogen-bond donors (Lipinski definition) is 1. The van der Waals surface area contributed by atoms with E-state index in [1.165, 1.54) is 11.6 Å². The van der Waals surface area contributed by atoms with Gasteiger partial charge in [-0.3, -0.25) is 18.7 Å². The smallest absolute Gasteiger partial charge is 0.332 e. The van der Waals surface area contributed by atoms with Crippen molar-refractivity contribution < 1.29 is 4.79 Å². The number of carbonyl (C=O) groups is 1. The summed E-state index contributed by atoms with van der Waals surface area (Å²) in [6.07, 6.45) is 1.08. The molecule has 1 unspecified atom stereocenters. The lowest BCUT2D eigenvalue weighted by Gasteiger charge is -2.39. The van der Waals surface area contributed by atoms with Gasteiger partial charge in [-0.15, -0.1) is 0 Å². The number of nitrogens with zero attached hydrogens (tertiary/aromatic N) is 2. The van der Waals surface area contributed by atoms with Crippen LogP contribution in [0.15, 0.2) is 45.1 Å². The van der Waals surface area contributed by atoms with Crippen molar-refractivity contribution in [1.29, 1.82) is 0 Å². The number of anilines is 1. The Hall–Kier alpha value is -2.60. The Morgan fingerprint density at radius 2 is 1.68 bits per heavy atom. The lowest BCUT2D eigenvalue weighted by atomic mass is 9.69. The van der Waals surface area contributed by atoms with E-state index in [1.807, 2.05) is 26.0 Å². The van der Waals surface area contributed by atoms with Gasteiger partial charge in [0.1, 0.15) is 5.82 Å². The molecule has 28 heavy (non-hydrogen) atoms. The first-order valence-electron chi connectivity index (χ1n) is 9.19. The molecule has 1 aliphatic carbocycles. The van der Waals surface area contributed by atoms with Crippen molar-refractivity contribution >= 4 is 23.2 Å². The van der Waals surface area contributed by atoms with Crippen LogP contribution in [-0.2, 0) is 18.9 Å². The highest BCUT2D eigenvalue weighted by atomic mass is 35.5. The highest BCUT2D eigenvalue weighted by molar-refractivity contribution is 6.30. The number of halogens is 1. The minimum Gasteiger partial charge on any atom is -0.344 e. The van der Waals surface area contributed by atoms with Crippen molar-refractivity contribution in [2.75, 3.05) is 5.32 Å². The molecule has 7 heteroatoms. The molecular weight excluding hydrogens is 378 g/mol. The van der Waals surface area contributed by atoms with E-state index < -0.39 is 17.2 Å². The Labute approximate surface area is 167 Å². The normalized spacial score (nSPS) is 20.5. The van der Waals surface area contributed by atoms with Crippen molar-refractivity contribution in [2.45, 2.75) is 32.6 Å². The highest BCUT2D eigenvalue weighted by Gasteiger charge is 2.42.